The van der Waals surface area contributed by atoms with Crippen LogP contribution >= 0.6 is 11.6 Å². The van der Waals surface area contributed by atoms with E-state index in [-0.39, 0.29) is 11.6 Å². The molecule has 1 unspecified atom stereocenters. The van der Waals surface area contributed by atoms with Gasteiger partial charge in [0.15, 0.2) is 0 Å². The van der Waals surface area contributed by atoms with Gasteiger partial charge in [0.1, 0.15) is 23.0 Å². The fraction of sp³-hybridized carbons (Fsp3) is 0.125. The zero-order valence-corrected chi connectivity index (χ0v) is 11.9. The molecule has 0 aliphatic carbocycles. The summed E-state index contributed by atoms with van der Waals surface area (Å²) in [6.45, 7) is 0. The van der Waals surface area contributed by atoms with Gasteiger partial charge in [0, 0.05) is 16.0 Å². The first-order chi connectivity index (χ1) is 10.1. The molecule has 3 rings (SSSR count). The maximum Gasteiger partial charge on any atom is 0.134 e. The van der Waals surface area contributed by atoms with Crippen molar-refractivity contribution in [3.05, 3.63) is 70.4 Å². The van der Waals surface area contributed by atoms with Crippen LogP contribution in [0.15, 0.2) is 46.9 Å². The van der Waals surface area contributed by atoms with E-state index in [2.05, 4.69) is 5.32 Å². The van der Waals surface area contributed by atoms with Crippen molar-refractivity contribution in [1.29, 1.82) is 0 Å². The number of halogens is 3. The molecule has 0 radical (unpaired) electrons. The average molecular weight is 308 g/mol. The molecule has 0 aliphatic rings. The van der Waals surface area contributed by atoms with Crippen molar-refractivity contribution in [3.63, 3.8) is 0 Å². The molecule has 0 aliphatic heterocycles. The first-order valence-electron chi connectivity index (χ1n) is 6.39. The zero-order valence-electron chi connectivity index (χ0n) is 11.2. The van der Waals surface area contributed by atoms with Crippen LogP contribution in [0.1, 0.15) is 17.4 Å². The van der Waals surface area contributed by atoms with E-state index in [1.165, 1.54) is 24.3 Å². The van der Waals surface area contributed by atoms with Gasteiger partial charge in [-0.3, -0.25) is 0 Å². The second kappa shape index (κ2) is 5.47. The van der Waals surface area contributed by atoms with Crippen LogP contribution in [0.2, 0.25) is 5.02 Å². The van der Waals surface area contributed by atoms with Crippen molar-refractivity contribution < 1.29 is 13.2 Å². The van der Waals surface area contributed by atoms with E-state index in [1.54, 1.807) is 25.2 Å². The van der Waals surface area contributed by atoms with Crippen molar-refractivity contribution in [3.8, 4) is 0 Å². The predicted molar refractivity (Wildman–Crippen MR) is 78.5 cm³/mol. The fourth-order valence-electron chi connectivity index (χ4n) is 2.36. The number of benzene rings is 2. The highest BCUT2D eigenvalue weighted by atomic mass is 35.5. The lowest BCUT2D eigenvalue weighted by molar-refractivity contribution is 0.476. The van der Waals surface area contributed by atoms with E-state index >= 15 is 0 Å². The van der Waals surface area contributed by atoms with Crippen LogP contribution in [0.25, 0.3) is 11.0 Å². The van der Waals surface area contributed by atoms with Crippen LogP contribution in [0, 0.1) is 11.6 Å². The van der Waals surface area contributed by atoms with Crippen molar-refractivity contribution in [2.75, 3.05) is 7.05 Å². The minimum Gasteiger partial charge on any atom is -0.459 e. The Bertz CT molecular complexity index is 800. The van der Waals surface area contributed by atoms with E-state index in [9.17, 15) is 8.78 Å². The minimum atomic E-state index is -0.501. The van der Waals surface area contributed by atoms with Gasteiger partial charge in [0.25, 0.3) is 0 Å². The lowest BCUT2D eigenvalue weighted by Crippen LogP contribution is -2.18. The Balaban J connectivity index is 2.11. The van der Waals surface area contributed by atoms with Gasteiger partial charge in [-0.1, -0.05) is 11.6 Å². The van der Waals surface area contributed by atoms with Crippen molar-refractivity contribution in [2.45, 2.75) is 6.04 Å². The summed E-state index contributed by atoms with van der Waals surface area (Å²) in [4.78, 5) is 0. The summed E-state index contributed by atoms with van der Waals surface area (Å²) in [5.74, 6) is -0.227. The van der Waals surface area contributed by atoms with Crippen LogP contribution in [-0.2, 0) is 0 Å². The Morgan fingerprint density at radius 1 is 1.10 bits per heavy atom. The Kier molecular flexibility index (Phi) is 3.66. The molecule has 0 amide bonds. The number of fused-ring (bicyclic) bond motifs is 1. The number of furan rings is 1. The molecule has 2 nitrogen and oxygen atoms in total. The van der Waals surface area contributed by atoms with E-state index < -0.39 is 6.04 Å². The molecule has 2 aromatic carbocycles. The lowest BCUT2D eigenvalue weighted by atomic mass is 10.0. The SMILES string of the molecule is CNC(c1cc2cc(F)ccc2o1)c1cc(Cl)ccc1F. The summed E-state index contributed by atoms with van der Waals surface area (Å²) in [5, 5.41) is 4.06. The quantitative estimate of drug-likeness (QED) is 0.760. The van der Waals surface area contributed by atoms with Gasteiger partial charge >= 0.3 is 0 Å². The smallest absolute Gasteiger partial charge is 0.134 e. The van der Waals surface area contributed by atoms with Crippen LogP contribution in [-0.4, -0.2) is 7.05 Å². The van der Waals surface area contributed by atoms with Crippen LogP contribution in [0.4, 0.5) is 8.78 Å². The van der Waals surface area contributed by atoms with Gasteiger partial charge in [-0.15, -0.1) is 0 Å². The van der Waals surface area contributed by atoms with Crippen LogP contribution in [0.5, 0.6) is 0 Å². The highest BCUT2D eigenvalue weighted by Gasteiger charge is 2.20. The Labute approximate surface area is 125 Å². The van der Waals surface area contributed by atoms with E-state index in [1.807, 2.05) is 0 Å². The molecular weight excluding hydrogens is 296 g/mol. The van der Waals surface area contributed by atoms with E-state index in [0.717, 1.165) is 0 Å². The molecule has 0 saturated carbocycles. The summed E-state index contributed by atoms with van der Waals surface area (Å²) in [5.41, 5.74) is 0.929. The molecule has 1 heterocycles. The van der Waals surface area contributed by atoms with Gasteiger partial charge in [-0.25, -0.2) is 8.78 Å². The molecule has 1 N–H and O–H groups in total. The maximum atomic E-state index is 14.0. The van der Waals surface area contributed by atoms with Gasteiger partial charge < -0.3 is 9.73 Å². The fourth-order valence-corrected chi connectivity index (χ4v) is 2.54. The van der Waals surface area contributed by atoms with Crippen LogP contribution in [0.3, 0.4) is 0 Å². The number of hydrogen-bond donors (Lipinski definition) is 1. The molecule has 1 atom stereocenters. The first kappa shape index (κ1) is 14.0. The largest absolute Gasteiger partial charge is 0.459 e. The predicted octanol–water partition coefficient (Wildman–Crippen LogP) is 4.67. The van der Waals surface area contributed by atoms with Crippen molar-refractivity contribution >= 4 is 22.6 Å². The number of rotatable bonds is 3. The summed E-state index contributed by atoms with van der Waals surface area (Å²) in [7, 11) is 1.69. The molecule has 5 heteroatoms. The van der Waals surface area contributed by atoms with Gasteiger partial charge in [0.2, 0.25) is 0 Å². The molecule has 0 fully saturated rings. The van der Waals surface area contributed by atoms with Crippen molar-refractivity contribution in [2.24, 2.45) is 0 Å². The molecule has 21 heavy (non-hydrogen) atoms. The van der Waals surface area contributed by atoms with Crippen LogP contribution < -0.4 is 5.32 Å². The minimum absolute atomic E-state index is 0.343. The van der Waals surface area contributed by atoms with Gasteiger partial charge in [0.05, 0.1) is 6.04 Å². The normalized spacial score (nSPS) is 12.8. The summed E-state index contributed by atoms with van der Waals surface area (Å²) >= 11 is 5.93. The third-order valence-electron chi connectivity index (χ3n) is 3.34. The molecule has 0 saturated heterocycles. The molecule has 108 valence electrons. The monoisotopic (exact) mass is 307 g/mol. The highest BCUT2D eigenvalue weighted by molar-refractivity contribution is 6.30. The Morgan fingerprint density at radius 3 is 2.67 bits per heavy atom. The summed E-state index contributed by atoms with van der Waals surface area (Å²) in [6.07, 6.45) is 0. The zero-order chi connectivity index (χ0) is 15.0. The third kappa shape index (κ3) is 2.64. The average Bonchev–Trinajstić information content (AvgIpc) is 2.86. The van der Waals surface area contributed by atoms with Crippen molar-refractivity contribution in [1.82, 2.24) is 5.32 Å². The molecule has 0 bridgehead atoms. The molecular formula is C16H12ClF2NO. The highest BCUT2D eigenvalue weighted by Crippen LogP contribution is 2.31. The molecule has 1 aromatic heterocycles. The maximum absolute atomic E-state index is 14.0. The van der Waals surface area contributed by atoms with E-state index in [4.69, 9.17) is 16.0 Å². The lowest BCUT2D eigenvalue weighted by Gasteiger charge is -2.15. The number of hydrogen-bond acceptors (Lipinski definition) is 2. The third-order valence-corrected chi connectivity index (χ3v) is 3.57. The van der Waals surface area contributed by atoms with Gasteiger partial charge in [-0.05, 0) is 49.5 Å². The second-order valence-electron chi connectivity index (χ2n) is 4.72. The topological polar surface area (TPSA) is 25.2 Å². The molecule has 0 spiro atoms. The summed E-state index contributed by atoms with van der Waals surface area (Å²) in [6, 6.07) is 9.79. The Hall–Kier alpha value is -1.91. The second-order valence-corrected chi connectivity index (χ2v) is 5.15. The standard InChI is InChI=1S/C16H12ClF2NO/c1-20-16(12-8-10(17)2-4-13(12)19)15-7-9-6-11(18)3-5-14(9)21-15/h2-8,16,20H,1H3. The Morgan fingerprint density at radius 2 is 1.90 bits per heavy atom. The van der Waals surface area contributed by atoms with Gasteiger partial charge in [-0.2, -0.15) is 0 Å². The number of nitrogens with one attached hydrogen (secondary N) is 1. The molecule has 3 aromatic rings. The summed E-state index contributed by atoms with van der Waals surface area (Å²) < 4.78 is 32.9. The van der Waals surface area contributed by atoms with E-state index in [0.29, 0.717) is 27.3 Å². The first-order valence-corrected chi connectivity index (χ1v) is 6.77.